The van der Waals surface area contributed by atoms with Crippen LogP contribution in [0.2, 0.25) is 5.02 Å². The number of nitrogens with zero attached hydrogens (tertiary/aromatic N) is 1. The Kier molecular flexibility index (Phi) is 7.51. The highest BCUT2D eigenvalue weighted by molar-refractivity contribution is 6.31. The number of halogens is 2. The SMILES string of the molecule is CC[C@@H](NC(=O)C1CCN(Cc2c(F)cccc2Cl)CC1)c1ccc(OC)cc1. The molecule has 1 heterocycles. The molecule has 1 atom stereocenters. The number of benzene rings is 2. The number of piperidine rings is 1. The molecule has 0 radical (unpaired) electrons. The summed E-state index contributed by atoms with van der Waals surface area (Å²) in [5.74, 6) is 0.603. The van der Waals surface area contributed by atoms with Gasteiger partial charge in [-0.15, -0.1) is 0 Å². The molecule has 1 aliphatic rings. The smallest absolute Gasteiger partial charge is 0.223 e. The van der Waals surface area contributed by atoms with E-state index in [0.717, 1.165) is 43.7 Å². The average Bonchev–Trinajstić information content (AvgIpc) is 2.75. The molecule has 0 aliphatic carbocycles. The molecule has 2 aromatic carbocycles. The number of likely N-dealkylation sites (tertiary alicyclic amines) is 1. The van der Waals surface area contributed by atoms with Gasteiger partial charge in [0.15, 0.2) is 0 Å². The van der Waals surface area contributed by atoms with Crippen molar-refractivity contribution in [1.29, 1.82) is 0 Å². The minimum atomic E-state index is -0.275. The zero-order valence-corrected chi connectivity index (χ0v) is 17.7. The number of ether oxygens (including phenoxy) is 1. The van der Waals surface area contributed by atoms with Gasteiger partial charge in [-0.25, -0.2) is 4.39 Å². The third-order valence-electron chi connectivity index (χ3n) is 5.64. The number of nitrogens with one attached hydrogen (secondary N) is 1. The minimum absolute atomic E-state index is 0.0105. The molecule has 1 N–H and O–H groups in total. The second-order valence-electron chi connectivity index (χ2n) is 7.49. The Bertz CT molecular complexity index is 800. The highest BCUT2D eigenvalue weighted by atomic mass is 35.5. The lowest BCUT2D eigenvalue weighted by atomic mass is 9.94. The van der Waals surface area contributed by atoms with Crippen LogP contribution < -0.4 is 10.1 Å². The molecule has 2 aromatic rings. The summed E-state index contributed by atoms with van der Waals surface area (Å²) in [6, 6.07) is 12.6. The maximum absolute atomic E-state index is 14.0. The van der Waals surface area contributed by atoms with Crippen LogP contribution in [0.4, 0.5) is 4.39 Å². The van der Waals surface area contributed by atoms with Crippen LogP contribution >= 0.6 is 11.6 Å². The number of rotatable bonds is 7. The van der Waals surface area contributed by atoms with Crippen molar-refractivity contribution in [2.45, 2.75) is 38.8 Å². The van der Waals surface area contributed by atoms with Crippen LogP contribution in [0.25, 0.3) is 0 Å². The van der Waals surface area contributed by atoms with Crippen molar-refractivity contribution in [3.63, 3.8) is 0 Å². The largest absolute Gasteiger partial charge is 0.497 e. The Labute approximate surface area is 177 Å². The Balaban J connectivity index is 1.53. The van der Waals surface area contributed by atoms with Crippen molar-refractivity contribution >= 4 is 17.5 Å². The van der Waals surface area contributed by atoms with E-state index in [1.54, 1.807) is 19.2 Å². The fourth-order valence-corrected chi connectivity index (χ4v) is 4.03. The molecule has 0 saturated carbocycles. The monoisotopic (exact) mass is 418 g/mol. The Hall–Kier alpha value is -2.11. The van der Waals surface area contributed by atoms with Gasteiger partial charge in [-0.1, -0.05) is 36.7 Å². The molecule has 1 amide bonds. The summed E-state index contributed by atoms with van der Waals surface area (Å²) in [7, 11) is 1.64. The molecular weight excluding hydrogens is 391 g/mol. The number of carbonyl (C=O) groups excluding carboxylic acids is 1. The standard InChI is InChI=1S/C23H28ClFN2O2/c1-3-22(16-7-9-18(29-2)10-8-16)26-23(28)17-11-13-27(14-12-17)15-19-20(24)5-4-6-21(19)25/h4-10,17,22H,3,11-15H2,1-2H3,(H,26,28)/t22-/m1/s1. The Morgan fingerprint density at radius 1 is 1.24 bits per heavy atom. The molecule has 3 rings (SSSR count). The maximum Gasteiger partial charge on any atom is 0.223 e. The first-order valence-electron chi connectivity index (χ1n) is 10.1. The van der Waals surface area contributed by atoms with E-state index >= 15 is 0 Å². The zero-order chi connectivity index (χ0) is 20.8. The first kappa shape index (κ1) is 21.6. The van der Waals surface area contributed by atoms with Gasteiger partial charge in [0.05, 0.1) is 13.2 Å². The fraction of sp³-hybridized carbons (Fsp3) is 0.435. The van der Waals surface area contributed by atoms with E-state index in [1.807, 2.05) is 24.3 Å². The van der Waals surface area contributed by atoms with E-state index in [2.05, 4.69) is 17.1 Å². The lowest BCUT2D eigenvalue weighted by Crippen LogP contribution is -2.41. The number of carbonyl (C=O) groups is 1. The maximum atomic E-state index is 14.0. The van der Waals surface area contributed by atoms with Gasteiger partial charge in [0.25, 0.3) is 0 Å². The van der Waals surface area contributed by atoms with Crippen LogP contribution in [0, 0.1) is 11.7 Å². The van der Waals surface area contributed by atoms with Gasteiger partial charge < -0.3 is 10.1 Å². The molecule has 0 aromatic heterocycles. The van der Waals surface area contributed by atoms with E-state index in [9.17, 15) is 9.18 Å². The third-order valence-corrected chi connectivity index (χ3v) is 6.00. The third kappa shape index (κ3) is 5.49. The summed E-state index contributed by atoms with van der Waals surface area (Å²) in [6.45, 7) is 4.05. The van der Waals surface area contributed by atoms with Gasteiger partial charge in [0.2, 0.25) is 5.91 Å². The second kappa shape index (κ2) is 10.1. The summed E-state index contributed by atoms with van der Waals surface area (Å²) in [6.07, 6.45) is 2.34. The highest BCUT2D eigenvalue weighted by Crippen LogP contribution is 2.26. The Morgan fingerprint density at radius 2 is 1.93 bits per heavy atom. The fourth-order valence-electron chi connectivity index (χ4n) is 3.81. The number of hydrogen-bond donors (Lipinski definition) is 1. The lowest BCUT2D eigenvalue weighted by molar-refractivity contribution is -0.127. The van der Waals surface area contributed by atoms with E-state index in [-0.39, 0.29) is 23.7 Å². The van der Waals surface area contributed by atoms with Crippen molar-refractivity contribution in [1.82, 2.24) is 10.2 Å². The van der Waals surface area contributed by atoms with Gasteiger partial charge in [-0.3, -0.25) is 9.69 Å². The molecule has 1 saturated heterocycles. The second-order valence-corrected chi connectivity index (χ2v) is 7.90. The van der Waals surface area contributed by atoms with Gasteiger partial charge in [-0.2, -0.15) is 0 Å². The molecule has 29 heavy (non-hydrogen) atoms. The summed E-state index contributed by atoms with van der Waals surface area (Å²) in [5, 5.41) is 3.65. The molecule has 156 valence electrons. The molecular formula is C23H28ClFN2O2. The summed E-state index contributed by atoms with van der Waals surface area (Å²) in [5.41, 5.74) is 1.61. The van der Waals surface area contributed by atoms with Crippen LogP contribution in [0.1, 0.15) is 43.4 Å². The molecule has 4 nitrogen and oxygen atoms in total. The van der Waals surface area contributed by atoms with Crippen LogP contribution in [0.15, 0.2) is 42.5 Å². The van der Waals surface area contributed by atoms with Gasteiger partial charge in [-0.05, 0) is 62.2 Å². The van der Waals surface area contributed by atoms with E-state index in [0.29, 0.717) is 17.1 Å². The molecule has 1 aliphatic heterocycles. The van der Waals surface area contributed by atoms with Crippen molar-refractivity contribution < 1.29 is 13.9 Å². The molecule has 0 bridgehead atoms. The molecule has 0 spiro atoms. The normalized spacial score (nSPS) is 16.4. The summed E-state index contributed by atoms with van der Waals surface area (Å²) < 4.78 is 19.2. The minimum Gasteiger partial charge on any atom is -0.497 e. The first-order chi connectivity index (χ1) is 14.0. The van der Waals surface area contributed by atoms with Crippen molar-refractivity contribution in [3.8, 4) is 5.75 Å². The molecule has 1 fully saturated rings. The summed E-state index contributed by atoms with van der Waals surface area (Å²) in [4.78, 5) is 15.0. The van der Waals surface area contributed by atoms with Crippen LogP contribution in [-0.4, -0.2) is 31.0 Å². The molecule has 0 unspecified atom stereocenters. The van der Waals surface area contributed by atoms with Crippen LogP contribution in [0.5, 0.6) is 5.75 Å². The molecule has 6 heteroatoms. The number of amides is 1. The topological polar surface area (TPSA) is 41.6 Å². The van der Waals surface area contributed by atoms with Crippen LogP contribution in [0.3, 0.4) is 0 Å². The Morgan fingerprint density at radius 3 is 2.52 bits per heavy atom. The van der Waals surface area contributed by atoms with Crippen molar-refractivity contribution in [2.24, 2.45) is 5.92 Å². The van der Waals surface area contributed by atoms with Gasteiger partial charge >= 0.3 is 0 Å². The van der Waals surface area contributed by atoms with Crippen molar-refractivity contribution in [2.75, 3.05) is 20.2 Å². The quantitative estimate of drug-likeness (QED) is 0.690. The predicted octanol–water partition coefficient (Wildman–Crippen LogP) is 4.97. The first-order valence-corrected chi connectivity index (χ1v) is 10.5. The van der Waals surface area contributed by atoms with Gasteiger partial charge in [0.1, 0.15) is 11.6 Å². The number of hydrogen-bond acceptors (Lipinski definition) is 3. The average molecular weight is 419 g/mol. The van der Waals surface area contributed by atoms with E-state index in [4.69, 9.17) is 16.3 Å². The predicted molar refractivity (Wildman–Crippen MR) is 114 cm³/mol. The van der Waals surface area contributed by atoms with Gasteiger partial charge in [0, 0.05) is 23.0 Å². The lowest BCUT2D eigenvalue weighted by Gasteiger charge is -2.32. The zero-order valence-electron chi connectivity index (χ0n) is 17.0. The van der Waals surface area contributed by atoms with Crippen LogP contribution in [-0.2, 0) is 11.3 Å². The highest BCUT2D eigenvalue weighted by Gasteiger charge is 2.27. The summed E-state index contributed by atoms with van der Waals surface area (Å²) >= 11 is 6.14. The number of methoxy groups -OCH3 is 1. The van der Waals surface area contributed by atoms with E-state index in [1.165, 1.54) is 6.07 Å². The van der Waals surface area contributed by atoms with E-state index < -0.39 is 0 Å². The van der Waals surface area contributed by atoms with Crippen molar-refractivity contribution in [3.05, 3.63) is 64.4 Å².